The van der Waals surface area contributed by atoms with Gasteiger partial charge in [-0.05, 0) is 85.3 Å². The van der Waals surface area contributed by atoms with Gasteiger partial charge in [-0.2, -0.15) is 0 Å². The molecular formula is C27H41O6P. The lowest BCUT2D eigenvalue weighted by molar-refractivity contribution is -0.114. The fourth-order valence-corrected chi connectivity index (χ4v) is 7.60. The number of aliphatic hydroxyl groups excluding tert-OH is 2. The summed E-state index contributed by atoms with van der Waals surface area (Å²) in [6, 6.07) is 0. The minimum absolute atomic E-state index is 0.103. The van der Waals surface area contributed by atoms with Crippen molar-refractivity contribution in [1.82, 2.24) is 0 Å². The van der Waals surface area contributed by atoms with Crippen LogP contribution in [-0.4, -0.2) is 43.7 Å². The number of aliphatic hydroxyl groups is 2. The fourth-order valence-electron chi connectivity index (χ4n) is 6.70. The van der Waals surface area contributed by atoms with Crippen LogP contribution in [0.3, 0.4) is 0 Å². The predicted octanol–water partition coefficient (Wildman–Crippen LogP) is 4.85. The summed E-state index contributed by atoms with van der Waals surface area (Å²) in [5, 5.41) is 20.2. The third kappa shape index (κ3) is 5.74. The van der Waals surface area contributed by atoms with E-state index in [9.17, 15) is 29.4 Å². The van der Waals surface area contributed by atoms with Gasteiger partial charge in [0.05, 0.1) is 12.2 Å². The van der Waals surface area contributed by atoms with Crippen molar-refractivity contribution in [2.45, 2.75) is 90.0 Å². The van der Waals surface area contributed by atoms with Crippen molar-refractivity contribution in [3.8, 4) is 0 Å². The van der Waals surface area contributed by atoms with Crippen LogP contribution in [0.1, 0.15) is 72.1 Å². The zero-order valence-electron chi connectivity index (χ0n) is 20.7. The Morgan fingerprint density at radius 3 is 2.62 bits per heavy atom. The van der Waals surface area contributed by atoms with Gasteiger partial charge in [0.15, 0.2) is 5.78 Å². The van der Waals surface area contributed by atoms with E-state index in [0.717, 1.165) is 37.7 Å². The lowest BCUT2D eigenvalue weighted by Crippen LogP contribution is -2.35. The van der Waals surface area contributed by atoms with E-state index in [1.165, 1.54) is 11.6 Å². The zero-order chi connectivity index (χ0) is 25.3. The predicted molar refractivity (Wildman–Crippen MR) is 134 cm³/mol. The van der Waals surface area contributed by atoms with E-state index >= 15 is 0 Å². The molecule has 0 heterocycles. The van der Waals surface area contributed by atoms with Crippen LogP contribution >= 0.6 is 7.60 Å². The third-order valence-electron chi connectivity index (χ3n) is 8.62. The summed E-state index contributed by atoms with van der Waals surface area (Å²) in [7, 11) is -4.45. The molecule has 0 aromatic carbocycles. The number of ketones is 1. The number of allylic oxidation sites excluding steroid dienone is 5. The van der Waals surface area contributed by atoms with E-state index in [2.05, 4.69) is 26.5 Å². The van der Waals surface area contributed by atoms with Gasteiger partial charge in [-0.25, -0.2) is 0 Å². The zero-order valence-corrected chi connectivity index (χ0v) is 21.6. The van der Waals surface area contributed by atoms with Gasteiger partial charge in [0.25, 0.3) is 0 Å². The molecule has 3 saturated carbocycles. The van der Waals surface area contributed by atoms with Crippen LogP contribution in [0.25, 0.3) is 0 Å². The van der Waals surface area contributed by atoms with Crippen LogP contribution in [0.5, 0.6) is 0 Å². The van der Waals surface area contributed by atoms with E-state index in [0.29, 0.717) is 30.3 Å². The maximum Gasteiger partial charge on any atom is 0.336 e. The molecule has 0 spiro atoms. The highest BCUT2D eigenvalue weighted by molar-refractivity contribution is 7.53. The van der Waals surface area contributed by atoms with Gasteiger partial charge in [0.2, 0.25) is 0 Å². The first-order valence-corrected chi connectivity index (χ1v) is 14.3. The van der Waals surface area contributed by atoms with Crippen molar-refractivity contribution in [2.24, 2.45) is 23.2 Å². The molecule has 0 amide bonds. The summed E-state index contributed by atoms with van der Waals surface area (Å²) in [6.45, 7) is 10.1. The first-order valence-electron chi connectivity index (χ1n) is 12.6. The van der Waals surface area contributed by atoms with Crippen LogP contribution in [0, 0.1) is 23.2 Å². The molecule has 0 radical (unpaired) electrons. The quantitative estimate of drug-likeness (QED) is 0.298. The maximum atomic E-state index is 12.4. The second kappa shape index (κ2) is 10.8. The fraction of sp³-hybridized carbons (Fsp3) is 0.667. The van der Waals surface area contributed by atoms with E-state index in [4.69, 9.17) is 0 Å². The van der Waals surface area contributed by atoms with Crippen LogP contribution in [-0.2, 0) is 9.36 Å². The van der Waals surface area contributed by atoms with Gasteiger partial charge in [-0.1, -0.05) is 51.2 Å². The maximum absolute atomic E-state index is 12.4. The average molecular weight is 493 g/mol. The van der Waals surface area contributed by atoms with Crippen molar-refractivity contribution in [2.75, 3.05) is 0 Å². The molecule has 4 N–H and O–H groups in total. The smallest absolute Gasteiger partial charge is 0.336 e. The highest BCUT2D eigenvalue weighted by Gasteiger charge is 2.50. The molecule has 6 nitrogen and oxygen atoms in total. The summed E-state index contributed by atoms with van der Waals surface area (Å²) >= 11 is 0. The monoisotopic (exact) mass is 492 g/mol. The highest BCUT2D eigenvalue weighted by atomic mass is 31.2. The normalized spacial score (nSPS) is 36.7. The van der Waals surface area contributed by atoms with Gasteiger partial charge in [-0.3, -0.25) is 9.36 Å². The molecule has 3 aliphatic rings. The Bertz CT molecular complexity index is 927. The molecule has 1 unspecified atom stereocenters. The molecule has 3 aliphatic carbocycles. The molecule has 190 valence electrons. The van der Waals surface area contributed by atoms with E-state index < -0.39 is 31.2 Å². The minimum atomic E-state index is -4.45. The number of rotatable bonds is 7. The lowest BCUT2D eigenvalue weighted by atomic mass is 9.61. The van der Waals surface area contributed by atoms with Crippen LogP contribution < -0.4 is 0 Å². The number of carbonyl (C=O) groups is 1. The Kier molecular flexibility index (Phi) is 8.63. The van der Waals surface area contributed by atoms with Crippen molar-refractivity contribution >= 4 is 13.4 Å². The Morgan fingerprint density at radius 2 is 1.97 bits per heavy atom. The number of hydrogen-bond acceptors (Lipinski definition) is 4. The summed E-state index contributed by atoms with van der Waals surface area (Å²) in [5.41, 5.74) is 1.88. The van der Waals surface area contributed by atoms with E-state index in [1.807, 2.05) is 12.2 Å². The van der Waals surface area contributed by atoms with Gasteiger partial charge >= 0.3 is 7.60 Å². The van der Waals surface area contributed by atoms with E-state index in [1.54, 1.807) is 6.92 Å². The topological polar surface area (TPSA) is 115 Å². The van der Waals surface area contributed by atoms with Crippen molar-refractivity contribution in [3.63, 3.8) is 0 Å². The van der Waals surface area contributed by atoms with Gasteiger partial charge in [0, 0.05) is 6.42 Å². The molecule has 34 heavy (non-hydrogen) atoms. The molecule has 7 heteroatoms. The summed E-state index contributed by atoms with van der Waals surface area (Å²) in [6.07, 6.45) is 12.6. The van der Waals surface area contributed by atoms with Crippen molar-refractivity contribution in [3.05, 3.63) is 47.6 Å². The molecule has 0 bridgehead atoms. The Labute approximate surface area is 203 Å². The summed E-state index contributed by atoms with van der Waals surface area (Å²) in [4.78, 5) is 31.3. The Balaban J connectivity index is 1.75. The lowest BCUT2D eigenvalue weighted by Gasteiger charge is -2.44. The third-order valence-corrected chi connectivity index (χ3v) is 10.1. The molecule has 7 atom stereocenters. The van der Waals surface area contributed by atoms with Crippen LogP contribution in [0.15, 0.2) is 47.6 Å². The van der Waals surface area contributed by atoms with Gasteiger partial charge in [-0.15, -0.1) is 0 Å². The van der Waals surface area contributed by atoms with Crippen LogP contribution in [0.4, 0.5) is 0 Å². The standard InChI is InChI=1S/C27H41O6P/c1-5-26(34(31,32)33)24(29)13-8-17(2)22-11-12-23-19(7-6-14-27(22,23)4)9-10-20-15-21(28)16-25(30)18(20)3/h8-10,13,17,21-23,25-26,28,30H,3,5-7,11-12,14-16H2,1-2,4H3,(H2,31,32,33)/b13-8+,19-9+,20-10-/t17-,21-,22-,23?,25+,26+,27-/m1/s1. The highest BCUT2D eigenvalue weighted by Crippen LogP contribution is 2.59. The summed E-state index contributed by atoms with van der Waals surface area (Å²) < 4.78 is 11.6. The molecule has 0 aromatic rings. The number of hydrogen-bond donors (Lipinski definition) is 4. The molecule has 3 rings (SSSR count). The van der Waals surface area contributed by atoms with E-state index in [-0.39, 0.29) is 17.8 Å². The SMILES string of the molecule is C=C1/C(=C\C=C2/CCC[C@@]3(C)C2CC[C@@H]3[C@H](C)/C=C/C(=O)[C@H](CC)P(=O)(O)O)C[C@@H](O)C[C@@H]1O. The molecule has 3 fully saturated rings. The molecule has 0 saturated heterocycles. The first-order chi connectivity index (χ1) is 15.9. The second-order valence-corrected chi connectivity index (χ2v) is 12.6. The number of carbonyl (C=O) groups excluding carboxylic acids is 1. The van der Waals surface area contributed by atoms with Crippen molar-refractivity contribution in [1.29, 1.82) is 0 Å². The average Bonchev–Trinajstić information content (AvgIpc) is 3.10. The summed E-state index contributed by atoms with van der Waals surface area (Å²) in [5.74, 6) is 0.478. The Morgan fingerprint density at radius 1 is 1.26 bits per heavy atom. The number of fused-ring (bicyclic) bond motifs is 1. The van der Waals surface area contributed by atoms with Gasteiger partial charge < -0.3 is 20.0 Å². The molecular weight excluding hydrogens is 451 g/mol. The van der Waals surface area contributed by atoms with Crippen LogP contribution in [0.2, 0.25) is 0 Å². The molecule has 0 aliphatic heterocycles. The minimum Gasteiger partial charge on any atom is -0.393 e. The van der Waals surface area contributed by atoms with Crippen molar-refractivity contribution < 1.29 is 29.4 Å². The largest absolute Gasteiger partial charge is 0.393 e. The second-order valence-electron chi connectivity index (χ2n) is 10.8. The molecule has 0 aromatic heterocycles. The Hall–Kier alpha value is -1.30. The van der Waals surface area contributed by atoms with Gasteiger partial charge in [0.1, 0.15) is 5.66 Å². The first kappa shape index (κ1) is 27.3.